The van der Waals surface area contributed by atoms with E-state index in [4.69, 9.17) is 11.6 Å². The quantitative estimate of drug-likeness (QED) is 0.570. The van der Waals surface area contributed by atoms with Gasteiger partial charge >= 0.3 is 0 Å². The molecule has 130 valence electrons. The van der Waals surface area contributed by atoms with Crippen molar-refractivity contribution in [2.24, 2.45) is 0 Å². The third-order valence-electron chi connectivity index (χ3n) is 3.97. The van der Waals surface area contributed by atoms with Crippen LogP contribution in [-0.2, 0) is 0 Å². The SMILES string of the molecule is Cc1ccc(-c2nn3c(C)nnc3s2)cc1NC(=O)c1cccc(Cl)c1. The lowest BCUT2D eigenvalue weighted by molar-refractivity contribution is 0.102. The summed E-state index contributed by atoms with van der Waals surface area (Å²) in [5, 5.41) is 16.9. The van der Waals surface area contributed by atoms with Crippen LogP contribution in [0.25, 0.3) is 15.5 Å². The number of aryl methyl sites for hydroxylation is 2. The summed E-state index contributed by atoms with van der Waals surface area (Å²) >= 11 is 7.42. The van der Waals surface area contributed by atoms with Crippen molar-refractivity contribution in [3.63, 3.8) is 0 Å². The van der Waals surface area contributed by atoms with Crippen molar-refractivity contribution in [2.75, 3.05) is 5.32 Å². The van der Waals surface area contributed by atoms with Crippen molar-refractivity contribution in [3.05, 3.63) is 64.4 Å². The fourth-order valence-electron chi connectivity index (χ4n) is 2.55. The van der Waals surface area contributed by atoms with Gasteiger partial charge in [-0.2, -0.15) is 9.61 Å². The normalized spacial score (nSPS) is 11.0. The second-order valence-corrected chi connectivity index (χ2v) is 7.24. The number of anilines is 1. The standard InChI is InChI=1S/C18H14ClN5OS/c1-10-6-7-13(17-23-24-11(2)21-22-18(24)26-17)9-15(10)20-16(25)12-4-3-5-14(19)8-12/h3-9H,1-2H3,(H,20,25). The smallest absolute Gasteiger partial charge is 0.255 e. The molecule has 0 spiro atoms. The summed E-state index contributed by atoms with van der Waals surface area (Å²) in [6.45, 7) is 3.80. The van der Waals surface area contributed by atoms with Gasteiger partial charge in [-0.05, 0) is 43.7 Å². The second-order valence-electron chi connectivity index (χ2n) is 5.84. The van der Waals surface area contributed by atoms with Crippen LogP contribution in [0.2, 0.25) is 5.02 Å². The van der Waals surface area contributed by atoms with Crippen LogP contribution in [0.5, 0.6) is 0 Å². The molecule has 0 radical (unpaired) electrons. The molecule has 2 aromatic heterocycles. The zero-order chi connectivity index (χ0) is 18.3. The summed E-state index contributed by atoms with van der Waals surface area (Å²) in [6.07, 6.45) is 0. The summed E-state index contributed by atoms with van der Waals surface area (Å²) < 4.78 is 1.71. The number of hydrogen-bond acceptors (Lipinski definition) is 5. The molecule has 1 amide bonds. The Morgan fingerprint density at radius 3 is 2.77 bits per heavy atom. The van der Waals surface area contributed by atoms with Crippen LogP contribution in [0.15, 0.2) is 42.5 Å². The van der Waals surface area contributed by atoms with Gasteiger partial charge in [-0.15, -0.1) is 10.2 Å². The highest BCUT2D eigenvalue weighted by atomic mass is 35.5. The van der Waals surface area contributed by atoms with E-state index in [1.165, 1.54) is 11.3 Å². The van der Waals surface area contributed by atoms with Gasteiger partial charge in [-0.3, -0.25) is 4.79 Å². The van der Waals surface area contributed by atoms with E-state index in [1.54, 1.807) is 28.8 Å². The molecule has 2 aromatic carbocycles. The van der Waals surface area contributed by atoms with E-state index < -0.39 is 0 Å². The average molecular weight is 384 g/mol. The Balaban J connectivity index is 1.66. The molecule has 6 nitrogen and oxygen atoms in total. The first kappa shape index (κ1) is 16.7. The van der Waals surface area contributed by atoms with Gasteiger partial charge in [0.05, 0.1) is 0 Å². The highest BCUT2D eigenvalue weighted by Gasteiger charge is 2.13. The van der Waals surface area contributed by atoms with E-state index in [9.17, 15) is 4.79 Å². The summed E-state index contributed by atoms with van der Waals surface area (Å²) in [6, 6.07) is 12.7. The van der Waals surface area contributed by atoms with Crippen LogP contribution in [-0.4, -0.2) is 25.7 Å². The fraction of sp³-hybridized carbons (Fsp3) is 0.111. The number of fused-ring (bicyclic) bond motifs is 1. The molecule has 0 fully saturated rings. The third kappa shape index (κ3) is 3.07. The fourth-order valence-corrected chi connectivity index (χ4v) is 3.62. The number of amides is 1. The van der Waals surface area contributed by atoms with Gasteiger partial charge in [0, 0.05) is 21.8 Å². The molecule has 0 saturated carbocycles. The molecule has 0 aliphatic carbocycles. The molecule has 0 aliphatic rings. The number of halogens is 1. The molecule has 1 N–H and O–H groups in total. The minimum atomic E-state index is -0.207. The Hall–Kier alpha value is -2.77. The number of carbonyl (C=O) groups is 1. The van der Waals surface area contributed by atoms with Crippen LogP contribution in [0, 0.1) is 13.8 Å². The number of nitrogens with zero attached hydrogens (tertiary/aromatic N) is 4. The predicted octanol–water partition coefficient (Wildman–Crippen LogP) is 4.38. The van der Waals surface area contributed by atoms with Crippen molar-refractivity contribution in [2.45, 2.75) is 13.8 Å². The summed E-state index contributed by atoms with van der Waals surface area (Å²) in [5.74, 6) is 0.533. The molecule has 0 atom stereocenters. The molecule has 8 heteroatoms. The summed E-state index contributed by atoms with van der Waals surface area (Å²) in [5.41, 5.74) is 3.11. The lowest BCUT2D eigenvalue weighted by atomic mass is 10.1. The van der Waals surface area contributed by atoms with Crippen molar-refractivity contribution in [3.8, 4) is 10.6 Å². The topological polar surface area (TPSA) is 72.2 Å². The lowest BCUT2D eigenvalue weighted by Gasteiger charge is -2.10. The number of rotatable bonds is 3. The third-order valence-corrected chi connectivity index (χ3v) is 5.15. The number of benzene rings is 2. The molecular formula is C18H14ClN5OS. The summed E-state index contributed by atoms with van der Waals surface area (Å²) in [7, 11) is 0. The van der Waals surface area contributed by atoms with E-state index in [0.717, 1.165) is 32.6 Å². The maximum atomic E-state index is 12.5. The monoisotopic (exact) mass is 383 g/mol. The van der Waals surface area contributed by atoms with Crippen molar-refractivity contribution < 1.29 is 4.79 Å². The van der Waals surface area contributed by atoms with E-state index in [2.05, 4.69) is 20.6 Å². The minimum Gasteiger partial charge on any atom is -0.322 e. The number of aromatic nitrogens is 4. The number of hydrogen-bond donors (Lipinski definition) is 1. The maximum Gasteiger partial charge on any atom is 0.255 e. The second kappa shape index (κ2) is 6.51. The molecule has 0 bridgehead atoms. The highest BCUT2D eigenvalue weighted by molar-refractivity contribution is 7.19. The van der Waals surface area contributed by atoms with E-state index >= 15 is 0 Å². The van der Waals surface area contributed by atoms with E-state index in [1.807, 2.05) is 32.0 Å². The van der Waals surface area contributed by atoms with Gasteiger partial charge in [0.15, 0.2) is 5.82 Å². The van der Waals surface area contributed by atoms with Crippen molar-refractivity contribution >= 4 is 39.5 Å². The van der Waals surface area contributed by atoms with Gasteiger partial charge in [0.25, 0.3) is 5.91 Å². The molecule has 26 heavy (non-hydrogen) atoms. The highest BCUT2D eigenvalue weighted by Crippen LogP contribution is 2.29. The minimum absolute atomic E-state index is 0.207. The Kier molecular flexibility index (Phi) is 4.18. The average Bonchev–Trinajstić information content (AvgIpc) is 3.19. The molecule has 0 aliphatic heterocycles. The Labute approximate surface area is 158 Å². The van der Waals surface area contributed by atoms with Gasteiger partial charge in [-0.25, -0.2) is 0 Å². The van der Waals surface area contributed by atoms with Gasteiger partial charge in [0.1, 0.15) is 5.01 Å². The van der Waals surface area contributed by atoms with Crippen LogP contribution in [0.3, 0.4) is 0 Å². The lowest BCUT2D eigenvalue weighted by Crippen LogP contribution is -2.12. The Morgan fingerprint density at radius 1 is 1.15 bits per heavy atom. The van der Waals surface area contributed by atoms with Gasteiger partial charge in [0.2, 0.25) is 4.96 Å². The molecule has 0 saturated heterocycles. The first-order valence-corrected chi connectivity index (χ1v) is 9.07. The summed E-state index contributed by atoms with van der Waals surface area (Å²) in [4.78, 5) is 13.2. The van der Waals surface area contributed by atoms with Crippen LogP contribution >= 0.6 is 22.9 Å². The van der Waals surface area contributed by atoms with Gasteiger partial charge in [-0.1, -0.05) is 41.1 Å². The first-order chi connectivity index (χ1) is 12.5. The zero-order valence-corrected chi connectivity index (χ0v) is 15.6. The number of carbonyl (C=O) groups excluding carboxylic acids is 1. The Bertz CT molecular complexity index is 1130. The van der Waals surface area contributed by atoms with Gasteiger partial charge < -0.3 is 5.32 Å². The molecule has 4 aromatic rings. The van der Waals surface area contributed by atoms with Crippen LogP contribution in [0.1, 0.15) is 21.7 Å². The first-order valence-electron chi connectivity index (χ1n) is 7.88. The predicted molar refractivity (Wildman–Crippen MR) is 103 cm³/mol. The van der Waals surface area contributed by atoms with Crippen molar-refractivity contribution in [1.29, 1.82) is 0 Å². The number of nitrogens with one attached hydrogen (secondary N) is 1. The van der Waals surface area contributed by atoms with Crippen molar-refractivity contribution in [1.82, 2.24) is 19.8 Å². The molecule has 4 rings (SSSR count). The molecule has 2 heterocycles. The van der Waals surface area contributed by atoms with E-state index in [0.29, 0.717) is 10.6 Å². The van der Waals surface area contributed by atoms with E-state index in [-0.39, 0.29) is 5.91 Å². The molecular weight excluding hydrogens is 370 g/mol. The largest absolute Gasteiger partial charge is 0.322 e. The van der Waals surface area contributed by atoms with Crippen LogP contribution < -0.4 is 5.32 Å². The zero-order valence-electron chi connectivity index (χ0n) is 14.0. The van der Waals surface area contributed by atoms with Crippen LogP contribution in [0.4, 0.5) is 5.69 Å². The Morgan fingerprint density at radius 2 is 2.00 bits per heavy atom. The molecule has 0 unspecified atom stereocenters. The maximum absolute atomic E-state index is 12.5.